The van der Waals surface area contributed by atoms with Gasteiger partial charge in [0.2, 0.25) is 0 Å². The number of halogens is 1. The highest BCUT2D eigenvalue weighted by molar-refractivity contribution is 7.12. The van der Waals surface area contributed by atoms with Crippen LogP contribution >= 0.6 is 22.9 Å². The maximum atomic E-state index is 11.8. The normalized spacial score (nSPS) is 9.92. The first-order valence-corrected chi connectivity index (χ1v) is 8.47. The first kappa shape index (κ1) is 18.6. The lowest BCUT2D eigenvalue weighted by molar-refractivity contribution is -0.147. The van der Waals surface area contributed by atoms with Crippen molar-refractivity contribution >= 4 is 46.3 Å². The number of ketones is 1. The molecule has 0 spiro atoms. The summed E-state index contributed by atoms with van der Waals surface area (Å²) in [6.45, 7) is -0.511. The van der Waals surface area contributed by atoms with E-state index in [2.05, 4.69) is 5.32 Å². The molecule has 1 aromatic heterocycles. The van der Waals surface area contributed by atoms with Crippen LogP contribution in [-0.2, 0) is 14.3 Å². The van der Waals surface area contributed by atoms with E-state index in [1.807, 2.05) is 6.07 Å². The second-order valence-electron chi connectivity index (χ2n) is 4.91. The smallest absolute Gasteiger partial charge is 0.306 e. The Hall–Kier alpha value is -2.69. The van der Waals surface area contributed by atoms with Crippen LogP contribution in [0.2, 0.25) is 5.02 Å². The highest BCUT2D eigenvalue weighted by atomic mass is 35.5. The van der Waals surface area contributed by atoms with Crippen molar-refractivity contribution < 1.29 is 19.1 Å². The van der Waals surface area contributed by atoms with E-state index in [0.29, 0.717) is 9.90 Å². The lowest BCUT2D eigenvalue weighted by atomic mass is 10.2. The number of amides is 1. The number of nitriles is 1. The third-order valence-electron chi connectivity index (χ3n) is 3.09. The van der Waals surface area contributed by atoms with Crippen LogP contribution in [0.4, 0.5) is 5.69 Å². The number of ether oxygens (including phenoxy) is 1. The number of nitrogens with one attached hydrogen (secondary N) is 1. The van der Waals surface area contributed by atoms with Crippen LogP contribution in [0.1, 0.15) is 28.1 Å². The van der Waals surface area contributed by atoms with Gasteiger partial charge in [-0.25, -0.2) is 0 Å². The molecule has 0 aliphatic carbocycles. The minimum atomic E-state index is -0.647. The molecular weight excluding hydrogens is 364 g/mol. The minimum absolute atomic E-state index is 0.0217. The first-order valence-electron chi connectivity index (χ1n) is 7.21. The topological polar surface area (TPSA) is 96.3 Å². The van der Waals surface area contributed by atoms with Crippen LogP contribution in [0.25, 0.3) is 0 Å². The Morgan fingerprint density at radius 2 is 2.04 bits per heavy atom. The molecule has 0 unspecified atom stereocenters. The van der Waals surface area contributed by atoms with Crippen molar-refractivity contribution in [2.24, 2.45) is 0 Å². The fourth-order valence-corrected chi connectivity index (χ4v) is 2.76. The molecule has 0 atom stereocenters. The Morgan fingerprint density at radius 3 is 2.72 bits per heavy atom. The lowest BCUT2D eigenvalue weighted by Gasteiger charge is -2.08. The number of thiophene rings is 1. The van der Waals surface area contributed by atoms with Gasteiger partial charge in [-0.05, 0) is 29.6 Å². The van der Waals surface area contributed by atoms with Gasteiger partial charge in [-0.15, -0.1) is 11.3 Å². The van der Waals surface area contributed by atoms with Gasteiger partial charge in [0.25, 0.3) is 5.91 Å². The fraction of sp³-hybridized carbons (Fsp3) is 0.176. The van der Waals surface area contributed by atoms with Gasteiger partial charge in [-0.1, -0.05) is 17.7 Å². The molecule has 0 aliphatic rings. The molecule has 2 rings (SSSR count). The molecule has 1 aromatic carbocycles. The van der Waals surface area contributed by atoms with Crippen molar-refractivity contribution in [3.63, 3.8) is 0 Å². The average Bonchev–Trinajstić information content (AvgIpc) is 3.13. The number of rotatable bonds is 7. The van der Waals surface area contributed by atoms with Crippen LogP contribution in [-0.4, -0.2) is 24.3 Å². The minimum Gasteiger partial charge on any atom is -0.456 e. The van der Waals surface area contributed by atoms with Crippen molar-refractivity contribution in [2.75, 3.05) is 11.9 Å². The Labute approximate surface area is 153 Å². The molecule has 6 nitrogen and oxygen atoms in total. The molecule has 0 fully saturated rings. The van der Waals surface area contributed by atoms with Crippen molar-refractivity contribution in [1.29, 1.82) is 5.26 Å². The zero-order chi connectivity index (χ0) is 18.2. The third-order valence-corrected chi connectivity index (χ3v) is 4.24. The van der Waals surface area contributed by atoms with Crippen molar-refractivity contribution in [3.05, 3.63) is 51.2 Å². The number of hydrogen-bond acceptors (Lipinski definition) is 6. The molecule has 0 saturated carbocycles. The number of anilines is 1. The molecule has 1 amide bonds. The number of carbonyl (C=O) groups is 3. The van der Waals surface area contributed by atoms with Crippen molar-refractivity contribution in [3.8, 4) is 6.07 Å². The summed E-state index contributed by atoms with van der Waals surface area (Å²) in [4.78, 5) is 35.8. The Kier molecular flexibility index (Phi) is 6.69. The molecule has 25 heavy (non-hydrogen) atoms. The van der Waals surface area contributed by atoms with Gasteiger partial charge in [0.15, 0.2) is 12.4 Å². The summed E-state index contributed by atoms with van der Waals surface area (Å²) in [6.07, 6.45) is -0.0849. The monoisotopic (exact) mass is 376 g/mol. The molecule has 128 valence electrons. The maximum absolute atomic E-state index is 11.8. The van der Waals surface area contributed by atoms with Gasteiger partial charge in [-0.3, -0.25) is 14.4 Å². The molecule has 0 aliphatic heterocycles. The number of carbonyl (C=O) groups excluding carboxylic acids is 3. The van der Waals surface area contributed by atoms with Crippen LogP contribution in [0.3, 0.4) is 0 Å². The zero-order valence-corrected chi connectivity index (χ0v) is 14.5. The molecular formula is C17H13ClN2O4S. The molecule has 0 saturated heterocycles. The largest absolute Gasteiger partial charge is 0.456 e. The van der Waals surface area contributed by atoms with E-state index in [9.17, 15) is 14.4 Å². The predicted molar refractivity (Wildman–Crippen MR) is 93.6 cm³/mol. The highest BCUT2D eigenvalue weighted by Crippen LogP contribution is 2.20. The van der Waals surface area contributed by atoms with Gasteiger partial charge < -0.3 is 10.1 Å². The Bertz CT molecular complexity index is 828. The number of benzene rings is 1. The van der Waals surface area contributed by atoms with Gasteiger partial charge in [0, 0.05) is 11.4 Å². The molecule has 2 aromatic rings. The molecule has 8 heteroatoms. The van der Waals surface area contributed by atoms with Crippen LogP contribution < -0.4 is 5.32 Å². The summed E-state index contributed by atoms with van der Waals surface area (Å²) < 4.78 is 4.83. The van der Waals surface area contributed by atoms with E-state index in [1.54, 1.807) is 17.5 Å². The van der Waals surface area contributed by atoms with E-state index < -0.39 is 18.5 Å². The molecule has 0 bridgehead atoms. The SMILES string of the molecule is N#Cc1ccc(Cl)cc1NC(=O)COC(=O)CCC(=O)c1cccs1. The summed E-state index contributed by atoms with van der Waals surface area (Å²) in [7, 11) is 0. The first-order chi connectivity index (χ1) is 12.0. The van der Waals surface area contributed by atoms with E-state index >= 15 is 0 Å². The molecule has 1 heterocycles. The standard InChI is InChI=1S/C17H13ClN2O4S/c18-12-4-3-11(9-19)13(8-12)20-16(22)10-24-17(23)6-5-14(21)15-2-1-7-25-15/h1-4,7-8H,5-6,10H2,(H,20,22). The summed E-state index contributed by atoms with van der Waals surface area (Å²) in [5.41, 5.74) is 0.481. The predicted octanol–water partition coefficient (Wildman–Crippen LogP) is 3.42. The zero-order valence-electron chi connectivity index (χ0n) is 13.0. The fourth-order valence-electron chi connectivity index (χ4n) is 1.90. The maximum Gasteiger partial charge on any atom is 0.306 e. The van der Waals surface area contributed by atoms with Crippen LogP contribution in [0.5, 0.6) is 0 Å². The average molecular weight is 377 g/mol. The summed E-state index contributed by atoms with van der Waals surface area (Å²) in [6, 6.07) is 9.79. The van der Waals surface area contributed by atoms with Gasteiger partial charge >= 0.3 is 5.97 Å². The quantitative estimate of drug-likeness (QED) is 0.590. The van der Waals surface area contributed by atoms with Crippen LogP contribution in [0.15, 0.2) is 35.7 Å². The summed E-state index contributed by atoms with van der Waals surface area (Å²) in [5.74, 6) is -1.39. The summed E-state index contributed by atoms with van der Waals surface area (Å²) in [5, 5.41) is 13.6. The van der Waals surface area contributed by atoms with Crippen LogP contribution in [0, 0.1) is 11.3 Å². The Morgan fingerprint density at radius 1 is 1.24 bits per heavy atom. The van der Waals surface area contributed by atoms with Gasteiger partial charge in [0.1, 0.15) is 6.07 Å². The second-order valence-corrected chi connectivity index (χ2v) is 6.30. The highest BCUT2D eigenvalue weighted by Gasteiger charge is 2.13. The van der Waals surface area contributed by atoms with E-state index in [4.69, 9.17) is 21.6 Å². The van der Waals surface area contributed by atoms with Crippen molar-refractivity contribution in [1.82, 2.24) is 0 Å². The van der Waals surface area contributed by atoms with Gasteiger partial charge in [0.05, 0.1) is 22.5 Å². The van der Waals surface area contributed by atoms with E-state index in [0.717, 1.165) is 0 Å². The molecule has 1 N–H and O–H groups in total. The van der Waals surface area contributed by atoms with Gasteiger partial charge in [-0.2, -0.15) is 5.26 Å². The van der Waals surface area contributed by atoms with Crippen molar-refractivity contribution in [2.45, 2.75) is 12.8 Å². The second kappa shape index (κ2) is 8.97. The van der Waals surface area contributed by atoms with E-state index in [-0.39, 0.29) is 29.9 Å². The third kappa shape index (κ3) is 5.71. The number of Topliss-reactive ketones (excluding diaryl/α,β-unsaturated/α-hetero) is 1. The lowest BCUT2D eigenvalue weighted by Crippen LogP contribution is -2.21. The van der Waals surface area contributed by atoms with E-state index in [1.165, 1.54) is 29.5 Å². The number of hydrogen-bond donors (Lipinski definition) is 1. The molecule has 0 radical (unpaired) electrons. The number of esters is 1. The Balaban J connectivity index is 1.78. The summed E-state index contributed by atoms with van der Waals surface area (Å²) >= 11 is 7.12. The number of nitrogens with zero attached hydrogens (tertiary/aromatic N) is 1.